The van der Waals surface area contributed by atoms with Crippen molar-refractivity contribution in [1.82, 2.24) is 4.90 Å². The zero-order chi connectivity index (χ0) is 20.7. The van der Waals surface area contributed by atoms with Gasteiger partial charge in [-0.2, -0.15) is 13.2 Å². The van der Waals surface area contributed by atoms with Crippen LogP contribution in [-0.4, -0.2) is 35.9 Å². The summed E-state index contributed by atoms with van der Waals surface area (Å²) in [6, 6.07) is 20.2. The molecule has 2 aromatic rings. The van der Waals surface area contributed by atoms with Crippen LogP contribution >= 0.6 is 0 Å². The number of halogens is 3. The maximum Gasteiger partial charge on any atom is 0.417 e. The van der Waals surface area contributed by atoms with Crippen LogP contribution in [0.2, 0.25) is 0 Å². The van der Waals surface area contributed by atoms with Gasteiger partial charge in [0.05, 0.1) is 6.61 Å². The van der Waals surface area contributed by atoms with Gasteiger partial charge in [-0.25, -0.2) is 0 Å². The molecular formula is C23H29F3N2O. The first-order valence-electron chi connectivity index (χ1n) is 10.2. The van der Waals surface area contributed by atoms with Gasteiger partial charge in [-0.1, -0.05) is 60.7 Å². The van der Waals surface area contributed by atoms with Crippen LogP contribution in [0.25, 0.3) is 0 Å². The van der Waals surface area contributed by atoms with E-state index in [0.717, 1.165) is 11.1 Å². The molecule has 0 saturated heterocycles. The zero-order valence-corrected chi connectivity index (χ0v) is 16.6. The summed E-state index contributed by atoms with van der Waals surface area (Å²) >= 11 is 0. The molecule has 0 aromatic heterocycles. The van der Waals surface area contributed by atoms with Crippen LogP contribution in [0, 0.1) is 0 Å². The first-order valence-corrected chi connectivity index (χ1v) is 10.2. The second-order valence-electron chi connectivity index (χ2n) is 7.74. The Bertz CT molecular complexity index is 687. The third-order valence-electron chi connectivity index (χ3n) is 5.75. The Morgan fingerprint density at radius 3 is 1.79 bits per heavy atom. The van der Waals surface area contributed by atoms with Gasteiger partial charge in [0.2, 0.25) is 0 Å². The molecule has 3 nitrogen and oxygen atoms in total. The maximum atomic E-state index is 13.8. The Morgan fingerprint density at radius 2 is 1.38 bits per heavy atom. The van der Waals surface area contributed by atoms with E-state index in [0.29, 0.717) is 25.9 Å². The lowest BCUT2D eigenvalue weighted by molar-refractivity contribution is -0.289. The van der Waals surface area contributed by atoms with Crippen LogP contribution in [0.3, 0.4) is 0 Å². The molecule has 0 spiro atoms. The monoisotopic (exact) mass is 406 g/mol. The van der Waals surface area contributed by atoms with Crippen molar-refractivity contribution in [2.45, 2.75) is 56.6 Å². The topological polar surface area (TPSA) is 38.5 Å². The molecule has 0 unspecified atom stereocenters. The Balaban J connectivity index is 1.74. The van der Waals surface area contributed by atoms with Crippen molar-refractivity contribution in [2.75, 3.05) is 13.2 Å². The molecule has 158 valence electrons. The highest BCUT2D eigenvalue weighted by atomic mass is 19.4. The third kappa shape index (κ3) is 5.59. The molecule has 0 atom stereocenters. The van der Waals surface area contributed by atoms with Gasteiger partial charge in [0, 0.05) is 25.7 Å². The quantitative estimate of drug-likeness (QED) is 0.677. The average Bonchev–Trinajstić information content (AvgIpc) is 2.73. The highest BCUT2D eigenvalue weighted by molar-refractivity contribution is 5.17. The van der Waals surface area contributed by atoms with Crippen molar-refractivity contribution >= 4 is 0 Å². The summed E-state index contributed by atoms with van der Waals surface area (Å²) in [5, 5.41) is 0. The maximum absolute atomic E-state index is 13.8. The van der Waals surface area contributed by atoms with Crippen LogP contribution < -0.4 is 5.73 Å². The number of ether oxygens (including phenoxy) is 1. The largest absolute Gasteiger partial charge is 0.417 e. The molecular weight excluding hydrogens is 377 g/mol. The Labute approximate surface area is 170 Å². The smallest absolute Gasteiger partial charge is 0.364 e. The first-order chi connectivity index (χ1) is 13.9. The summed E-state index contributed by atoms with van der Waals surface area (Å²) in [7, 11) is 0. The fourth-order valence-electron chi connectivity index (χ4n) is 4.15. The lowest BCUT2D eigenvalue weighted by Gasteiger charge is -2.44. The van der Waals surface area contributed by atoms with Crippen LogP contribution in [0.5, 0.6) is 0 Å². The summed E-state index contributed by atoms with van der Waals surface area (Å²) in [5.74, 6) is 0. The van der Waals surface area contributed by atoms with Gasteiger partial charge in [0.1, 0.15) is 0 Å². The molecule has 0 radical (unpaired) electrons. The van der Waals surface area contributed by atoms with E-state index in [9.17, 15) is 13.2 Å². The van der Waals surface area contributed by atoms with Crippen molar-refractivity contribution in [2.24, 2.45) is 5.73 Å². The molecule has 0 heterocycles. The Hall–Kier alpha value is -1.89. The predicted molar refractivity (Wildman–Crippen MR) is 108 cm³/mol. The lowest BCUT2D eigenvalue weighted by Crippen LogP contribution is -2.53. The van der Waals surface area contributed by atoms with Gasteiger partial charge in [-0.15, -0.1) is 0 Å². The van der Waals surface area contributed by atoms with Crippen molar-refractivity contribution < 1.29 is 17.9 Å². The Morgan fingerprint density at radius 1 is 0.897 bits per heavy atom. The number of nitrogens with two attached hydrogens (primary N) is 1. The summed E-state index contributed by atoms with van der Waals surface area (Å²) in [4.78, 5) is 2.30. The van der Waals surface area contributed by atoms with Crippen LogP contribution in [0.4, 0.5) is 13.2 Å². The van der Waals surface area contributed by atoms with Crippen LogP contribution in [0.15, 0.2) is 60.7 Å². The van der Waals surface area contributed by atoms with E-state index in [1.165, 1.54) is 0 Å². The standard InChI is InChI=1S/C23H29F3N2O/c24-23(25,26)22(29-16-15-27)13-11-21(12-14-22)28(17-19-7-3-1-4-8-19)18-20-9-5-2-6-10-20/h1-10,21H,11-18,27H2. The predicted octanol–water partition coefficient (Wildman–Crippen LogP) is 4.91. The fourth-order valence-corrected chi connectivity index (χ4v) is 4.15. The molecule has 1 fully saturated rings. The highest BCUT2D eigenvalue weighted by Gasteiger charge is 2.57. The number of rotatable bonds is 8. The second kappa shape index (κ2) is 9.74. The highest BCUT2D eigenvalue weighted by Crippen LogP contribution is 2.45. The third-order valence-corrected chi connectivity index (χ3v) is 5.75. The molecule has 3 rings (SSSR count). The number of nitrogens with zero attached hydrogens (tertiary/aromatic N) is 1. The van der Waals surface area contributed by atoms with Crippen molar-refractivity contribution in [3.8, 4) is 0 Å². The Kier molecular flexibility index (Phi) is 7.33. The van der Waals surface area contributed by atoms with E-state index < -0.39 is 11.8 Å². The summed E-state index contributed by atoms with van der Waals surface area (Å²) in [5.41, 5.74) is 5.66. The van der Waals surface area contributed by atoms with E-state index in [4.69, 9.17) is 10.5 Å². The van der Waals surface area contributed by atoms with Gasteiger partial charge in [0.15, 0.2) is 5.60 Å². The van der Waals surface area contributed by atoms with Gasteiger partial charge in [0.25, 0.3) is 0 Å². The van der Waals surface area contributed by atoms with Crippen molar-refractivity contribution in [3.63, 3.8) is 0 Å². The summed E-state index contributed by atoms with van der Waals surface area (Å²) in [6.45, 7) is 1.45. The molecule has 0 amide bonds. The van der Waals surface area contributed by atoms with E-state index >= 15 is 0 Å². The van der Waals surface area contributed by atoms with Gasteiger partial charge < -0.3 is 10.5 Å². The van der Waals surface area contributed by atoms with Gasteiger partial charge >= 0.3 is 6.18 Å². The minimum atomic E-state index is -4.38. The van der Waals surface area contributed by atoms with Crippen LogP contribution in [-0.2, 0) is 17.8 Å². The number of alkyl halides is 3. The molecule has 0 bridgehead atoms. The normalized spacial score (nSPS) is 22.7. The van der Waals surface area contributed by atoms with E-state index in [-0.39, 0.29) is 32.0 Å². The van der Waals surface area contributed by atoms with Gasteiger partial charge in [-0.3, -0.25) is 4.90 Å². The van der Waals surface area contributed by atoms with E-state index in [2.05, 4.69) is 29.2 Å². The van der Waals surface area contributed by atoms with Crippen molar-refractivity contribution in [3.05, 3.63) is 71.8 Å². The molecule has 2 N–H and O–H groups in total. The number of hydrogen-bond acceptors (Lipinski definition) is 3. The van der Waals surface area contributed by atoms with E-state index in [1.807, 2.05) is 36.4 Å². The number of benzene rings is 2. The lowest BCUT2D eigenvalue weighted by atomic mass is 9.80. The molecule has 1 aliphatic carbocycles. The zero-order valence-electron chi connectivity index (χ0n) is 16.6. The minimum Gasteiger partial charge on any atom is -0.364 e. The van der Waals surface area contributed by atoms with Crippen LogP contribution in [0.1, 0.15) is 36.8 Å². The SMILES string of the molecule is NCCOC1(C(F)(F)F)CCC(N(Cc2ccccc2)Cc2ccccc2)CC1. The molecule has 1 aliphatic rings. The fraction of sp³-hybridized carbons (Fsp3) is 0.478. The molecule has 2 aromatic carbocycles. The van der Waals surface area contributed by atoms with Gasteiger partial charge in [-0.05, 0) is 36.8 Å². The molecule has 0 aliphatic heterocycles. The van der Waals surface area contributed by atoms with E-state index in [1.54, 1.807) is 0 Å². The second-order valence-corrected chi connectivity index (χ2v) is 7.74. The average molecular weight is 406 g/mol. The molecule has 1 saturated carbocycles. The summed E-state index contributed by atoms with van der Waals surface area (Å²) < 4.78 is 46.6. The minimum absolute atomic E-state index is 0.0265. The molecule has 29 heavy (non-hydrogen) atoms. The van der Waals surface area contributed by atoms with Crippen molar-refractivity contribution in [1.29, 1.82) is 0 Å². The summed E-state index contributed by atoms with van der Waals surface area (Å²) in [6.07, 6.45) is -3.53. The molecule has 6 heteroatoms. The first kappa shape index (κ1) is 21.8. The number of hydrogen-bond donors (Lipinski definition) is 1.